The molecule has 18 nitrogen and oxygen atoms in total. The zero-order chi connectivity index (χ0) is 114. The van der Waals surface area contributed by atoms with Crippen LogP contribution in [0.5, 0.6) is 0 Å². The van der Waals surface area contributed by atoms with Crippen molar-refractivity contribution in [2.45, 2.75) is 452 Å². The molecular formula is C131H234N12O6. The summed E-state index contributed by atoms with van der Waals surface area (Å²) in [7, 11) is 6.20. The molecule has 1 saturated carbocycles. The van der Waals surface area contributed by atoms with E-state index in [-0.39, 0.29) is 93.5 Å². The van der Waals surface area contributed by atoms with Crippen LogP contribution in [0.2, 0.25) is 0 Å². The molecule has 0 bridgehead atoms. The number of carbonyl (C=O) groups is 6. The van der Waals surface area contributed by atoms with E-state index in [2.05, 4.69) is 385 Å². The summed E-state index contributed by atoms with van der Waals surface area (Å²) >= 11 is 0. The van der Waals surface area contributed by atoms with Crippen LogP contribution in [0.15, 0.2) is 67.3 Å². The van der Waals surface area contributed by atoms with E-state index < -0.39 is 0 Å². The van der Waals surface area contributed by atoms with Crippen molar-refractivity contribution in [3.05, 3.63) is 89.8 Å². The molecule has 18 heteroatoms. The van der Waals surface area contributed by atoms with E-state index in [0.717, 1.165) is 207 Å². The minimum Gasteiger partial charge on any atom is -0.343 e. The molecule has 0 radical (unpaired) electrons. The maximum Gasteiger partial charge on any atom is 0.274 e. The Kier molecular flexibility index (Phi) is 44.5. The monoisotopic (exact) mass is 2070 g/mol. The van der Waals surface area contributed by atoms with Gasteiger partial charge < -0.3 is 39.2 Å². The third kappa shape index (κ3) is 32.1. The largest absolute Gasteiger partial charge is 0.343 e. The number of nitrogens with zero attached hydrogens (tertiary/aromatic N) is 12. The summed E-state index contributed by atoms with van der Waals surface area (Å²) in [5.74, 6) is 2.54. The standard InChI is InChI=1S/C21H35N.C20H38N2O.C19H30N2O.C18H29N3O.C18H36N2O.C18H33NO.C17H33NO/c1-17-8-10-18(11-9-17)16-22-14-12-21(13-15-22,19(2,3)4)20(5,6)7;1-18(2,3)20(19(4,5)6)10-14-22(15-11-20)17(23)16-8-12-21(7)13-9-16;1-17(2,3)19(18(4,5)6)10-13-21(14-11-19)16(22)15-9-7-8-12-20-15;1-16(2,3)18(17(4,5)6)7-11-21(12-8-18)15(22)14-13-19-9-10-20-14;1-16(2,3)18(17(4,5)6)10-13-20(14-11-18)15(21)9-12-19(7)8;1-16(2,3)18(17(4,5)6)9-11-19(12-10-18)15(20)13-14-7-8-14;1-8-9-14(19)18-12-10-17(11-13-18,15(2,3)4)16(5,6)7/h8-11H,12-16H2,1-7H3;16H,8-15H2,1-7H3;7-9,12H,10-11,13-14H2,1-6H3;9-10,13H,7-8,11-12H2,1-6H3;9-14H2,1-8H3;14H,7-13H2,1-6H3;8-13H2,1-7H3. The number of carbonyl (C=O) groups excluding carboxylic acids is 6. The third-order valence-corrected chi connectivity index (χ3v) is 41.1. The van der Waals surface area contributed by atoms with Crippen LogP contribution in [0.1, 0.15) is 471 Å². The molecule has 1 aliphatic carbocycles. The Balaban J connectivity index is 0.000000265. The highest BCUT2D eigenvalue weighted by molar-refractivity contribution is 5.93. The summed E-state index contributed by atoms with van der Waals surface area (Å²) < 4.78 is 0. The Labute approximate surface area is 917 Å². The first-order valence-electron chi connectivity index (χ1n) is 59.2. The quantitative estimate of drug-likeness (QED) is 0.168. The number of aryl methyl sites for hydroxylation is 1. The van der Waals surface area contributed by atoms with Gasteiger partial charge in [0.15, 0.2) is 0 Å². The second-order valence-corrected chi connectivity index (χ2v) is 62.7. The number of hydrogen-bond donors (Lipinski definition) is 0. The minimum absolute atomic E-state index is 0.00418. The smallest absolute Gasteiger partial charge is 0.274 e. The van der Waals surface area contributed by atoms with Crippen LogP contribution in [0.3, 0.4) is 0 Å². The molecule has 9 fully saturated rings. The average Bonchev–Trinajstić information content (AvgIpc) is 1.49. The molecule has 854 valence electrons. The number of likely N-dealkylation sites (tertiary alicyclic amines) is 8. The molecule has 10 heterocycles. The van der Waals surface area contributed by atoms with E-state index in [1.165, 1.54) is 49.9 Å². The van der Waals surface area contributed by atoms with E-state index >= 15 is 0 Å². The van der Waals surface area contributed by atoms with Crippen LogP contribution in [-0.4, -0.2) is 227 Å². The Bertz CT molecular complexity index is 4380. The summed E-state index contributed by atoms with van der Waals surface area (Å²) in [6, 6.07) is 14.5. The highest BCUT2D eigenvalue weighted by Crippen LogP contribution is 2.65. The van der Waals surface area contributed by atoms with Crippen molar-refractivity contribution in [2.75, 3.05) is 132 Å². The van der Waals surface area contributed by atoms with Gasteiger partial charge in [-0.15, -0.1) is 0 Å². The van der Waals surface area contributed by atoms with E-state index in [4.69, 9.17) is 0 Å². The van der Waals surface area contributed by atoms with Gasteiger partial charge in [0.05, 0.1) is 6.20 Å². The predicted molar refractivity (Wildman–Crippen MR) is 631 cm³/mol. The van der Waals surface area contributed by atoms with Crippen molar-refractivity contribution in [2.24, 2.45) is 126 Å². The van der Waals surface area contributed by atoms with Crippen molar-refractivity contribution in [3.63, 3.8) is 0 Å². The lowest BCUT2D eigenvalue weighted by molar-refractivity contribution is -0.145. The van der Waals surface area contributed by atoms with Crippen LogP contribution in [-0.2, 0) is 25.7 Å². The molecule has 0 spiro atoms. The number of piperidine rings is 8. The van der Waals surface area contributed by atoms with Crippen LogP contribution in [0, 0.1) is 132 Å². The summed E-state index contributed by atoms with van der Waals surface area (Å²) in [6.45, 7) is 121. The molecule has 12 rings (SSSR count). The normalized spacial score (nSPS) is 21.0. The Hall–Kier alpha value is -5.85. The number of aromatic nitrogens is 3. The lowest BCUT2D eigenvalue weighted by Crippen LogP contribution is -2.55. The lowest BCUT2D eigenvalue weighted by Gasteiger charge is -2.57. The second kappa shape index (κ2) is 50.4. The summed E-state index contributed by atoms with van der Waals surface area (Å²) in [5.41, 5.74) is 9.82. The van der Waals surface area contributed by atoms with Crippen molar-refractivity contribution in [3.8, 4) is 0 Å². The van der Waals surface area contributed by atoms with Crippen molar-refractivity contribution in [1.29, 1.82) is 0 Å². The second-order valence-electron chi connectivity index (χ2n) is 62.7. The Morgan fingerprint density at radius 3 is 0.859 bits per heavy atom. The maximum absolute atomic E-state index is 12.9. The molecule has 8 aliphatic heterocycles. The molecule has 9 aliphatic rings. The van der Waals surface area contributed by atoms with Crippen molar-refractivity contribution in [1.82, 2.24) is 59.1 Å². The van der Waals surface area contributed by atoms with E-state index in [1.54, 1.807) is 30.9 Å². The van der Waals surface area contributed by atoms with Gasteiger partial charge in [0.25, 0.3) is 11.8 Å². The Morgan fingerprint density at radius 1 is 0.315 bits per heavy atom. The van der Waals surface area contributed by atoms with E-state index in [9.17, 15) is 28.8 Å². The Morgan fingerprint density at radius 2 is 0.591 bits per heavy atom. The highest BCUT2D eigenvalue weighted by atomic mass is 16.2. The minimum atomic E-state index is 0.00418. The summed E-state index contributed by atoms with van der Waals surface area (Å²) in [4.78, 5) is 106. The molecule has 1 aromatic carbocycles. The molecule has 6 amide bonds. The molecule has 0 N–H and O–H groups in total. The zero-order valence-electron chi connectivity index (χ0n) is 106. The van der Waals surface area contributed by atoms with E-state index in [0.29, 0.717) is 91.7 Å². The molecule has 0 unspecified atom stereocenters. The van der Waals surface area contributed by atoms with Crippen LogP contribution in [0.25, 0.3) is 0 Å². The van der Waals surface area contributed by atoms with E-state index in [1.807, 2.05) is 36.0 Å². The number of rotatable bonds is 12. The average molecular weight is 2070 g/mol. The summed E-state index contributed by atoms with van der Waals surface area (Å²) in [5, 5.41) is 0. The first-order valence-corrected chi connectivity index (χ1v) is 59.2. The van der Waals surface area contributed by atoms with Crippen molar-refractivity contribution < 1.29 is 28.8 Å². The lowest BCUT2D eigenvalue weighted by atomic mass is 9.50. The molecule has 3 aromatic rings. The van der Waals surface area contributed by atoms with Crippen LogP contribution < -0.4 is 0 Å². The van der Waals surface area contributed by atoms with Gasteiger partial charge >= 0.3 is 0 Å². The fourth-order valence-corrected chi connectivity index (χ4v) is 31.4. The molecule has 8 saturated heterocycles. The van der Waals surface area contributed by atoms with Gasteiger partial charge in [-0.1, -0.05) is 334 Å². The molecule has 0 atom stereocenters. The van der Waals surface area contributed by atoms with Gasteiger partial charge in [0.1, 0.15) is 11.4 Å². The summed E-state index contributed by atoms with van der Waals surface area (Å²) in [6.07, 6.45) is 30.0. The number of hydrogen-bond acceptors (Lipinski definition) is 12. The molecular weight excluding hydrogens is 1840 g/mol. The van der Waals surface area contributed by atoms with Gasteiger partial charge in [-0.3, -0.25) is 43.6 Å². The van der Waals surface area contributed by atoms with Crippen LogP contribution in [0.4, 0.5) is 0 Å². The first-order chi connectivity index (χ1) is 67.7. The third-order valence-electron chi connectivity index (χ3n) is 41.1. The molecule has 149 heavy (non-hydrogen) atoms. The molecule has 2 aromatic heterocycles. The van der Waals surface area contributed by atoms with Gasteiger partial charge in [-0.2, -0.15) is 0 Å². The van der Waals surface area contributed by atoms with Gasteiger partial charge in [0, 0.05) is 135 Å². The maximum atomic E-state index is 12.9. The fraction of sp³-hybridized carbons (Fsp3) is 0.840. The van der Waals surface area contributed by atoms with Gasteiger partial charge in [0.2, 0.25) is 23.6 Å². The van der Waals surface area contributed by atoms with Gasteiger partial charge in [-0.25, -0.2) is 4.98 Å². The van der Waals surface area contributed by atoms with Crippen LogP contribution >= 0.6 is 0 Å². The SMILES string of the molecule is CC(C)(C)C1(C(C)(C)C)CCN(C(=O)CC2CC2)CC1.CC(C)(C)C1(C(C)(C)C)CCN(C(=O)c2ccccn2)CC1.CC(C)(C)C1(C(C)(C)C)CCN(C(=O)c2cnccn2)CC1.CCCC(=O)N1CCC(C(C)(C)C)(C(C)(C)C)CC1.CN(C)CCC(=O)N1CCC(C(C)(C)C)(C(C)(C)C)CC1.CN1CCC(C(=O)N2CCC(C(C)(C)C)(C(C)(C)C)CC2)CC1.Cc1ccc(CN2CCC(C(C)(C)C)(C(C)(C)C)CC2)cc1. The van der Waals surface area contributed by atoms with Crippen molar-refractivity contribution >= 4 is 35.4 Å². The topological polar surface area (TPSA) is 170 Å². The predicted octanol–water partition coefficient (Wildman–Crippen LogP) is 30.5. The van der Waals surface area contributed by atoms with Gasteiger partial charge in [-0.05, 0) is 314 Å². The fourth-order valence-electron chi connectivity index (χ4n) is 31.4. The highest BCUT2D eigenvalue weighted by Gasteiger charge is 2.60. The number of pyridine rings is 1. The number of amides is 6. The number of benzene rings is 1. The first kappa shape index (κ1) is 132. The zero-order valence-corrected chi connectivity index (χ0v) is 106.